The molecule has 6 heteroatoms. The molecule has 0 bridgehead atoms. The van der Waals surface area contributed by atoms with Gasteiger partial charge in [-0.15, -0.1) is 0 Å². The second kappa shape index (κ2) is 4.57. The highest BCUT2D eigenvalue weighted by atomic mass is 16.2. The van der Waals surface area contributed by atoms with E-state index in [2.05, 4.69) is 17.0 Å². The molecule has 2 heterocycles. The van der Waals surface area contributed by atoms with Crippen LogP contribution in [0, 0.1) is 0 Å². The van der Waals surface area contributed by atoms with Gasteiger partial charge in [-0.1, -0.05) is 6.92 Å². The number of aliphatic imine (C=N–C) groups is 1. The lowest BCUT2D eigenvalue weighted by Gasteiger charge is -2.21. The van der Waals surface area contributed by atoms with Gasteiger partial charge in [0.25, 0.3) is 0 Å². The first-order valence-electron chi connectivity index (χ1n) is 5.84. The molecule has 1 aliphatic heterocycles. The van der Waals surface area contributed by atoms with E-state index >= 15 is 0 Å². The Bertz CT molecular complexity index is 450. The predicted molar refractivity (Wildman–Crippen MR) is 64.7 cm³/mol. The fourth-order valence-corrected chi connectivity index (χ4v) is 2.05. The number of nitrogens with two attached hydrogens (primary N) is 1. The number of hydrogen-bond acceptors (Lipinski definition) is 3. The van der Waals surface area contributed by atoms with Crippen LogP contribution in [0.5, 0.6) is 0 Å². The molecular weight excluding hydrogens is 218 g/mol. The van der Waals surface area contributed by atoms with E-state index in [-0.39, 0.29) is 12.1 Å². The Balaban J connectivity index is 2.25. The maximum atomic E-state index is 11.6. The average molecular weight is 235 g/mol. The first-order valence-corrected chi connectivity index (χ1v) is 5.84. The molecule has 17 heavy (non-hydrogen) atoms. The number of rotatable bonds is 4. The number of hydrogen-bond donors (Lipinski definition) is 1. The first kappa shape index (κ1) is 11.6. The first-order chi connectivity index (χ1) is 8.17. The molecule has 6 nitrogen and oxygen atoms in total. The van der Waals surface area contributed by atoms with Gasteiger partial charge in [0.05, 0.1) is 6.20 Å². The van der Waals surface area contributed by atoms with Gasteiger partial charge in [0.1, 0.15) is 11.9 Å². The van der Waals surface area contributed by atoms with E-state index in [1.807, 2.05) is 17.8 Å². The molecule has 0 aromatic carbocycles. The van der Waals surface area contributed by atoms with Gasteiger partial charge in [-0.25, -0.2) is 4.79 Å². The summed E-state index contributed by atoms with van der Waals surface area (Å²) in [5.74, 6) is 0.355. The maximum Gasteiger partial charge on any atom is 0.346 e. The normalized spacial score (nSPS) is 19.9. The van der Waals surface area contributed by atoms with Crippen molar-refractivity contribution in [3.63, 3.8) is 0 Å². The Morgan fingerprint density at radius 3 is 2.88 bits per heavy atom. The van der Waals surface area contributed by atoms with Gasteiger partial charge in [-0.2, -0.15) is 10.1 Å². The summed E-state index contributed by atoms with van der Waals surface area (Å²) in [6, 6.07) is -0.517. The van der Waals surface area contributed by atoms with Gasteiger partial charge in [-0.3, -0.25) is 4.68 Å². The minimum atomic E-state index is -0.266. The van der Waals surface area contributed by atoms with Crippen LogP contribution in [0.3, 0.4) is 0 Å². The Morgan fingerprint density at radius 1 is 1.47 bits per heavy atom. The third kappa shape index (κ3) is 2.02. The van der Waals surface area contributed by atoms with Crippen LogP contribution in [-0.4, -0.2) is 33.1 Å². The van der Waals surface area contributed by atoms with Gasteiger partial charge >= 0.3 is 6.03 Å². The number of urea groups is 1. The highest BCUT2D eigenvalue weighted by Gasteiger charge is 2.34. The van der Waals surface area contributed by atoms with E-state index in [4.69, 9.17) is 5.73 Å². The van der Waals surface area contributed by atoms with Gasteiger partial charge < -0.3 is 10.6 Å². The van der Waals surface area contributed by atoms with Crippen molar-refractivity contribution in [3.05, 3.63) is 18.0 Å². The zero-order valence-corrected chi connectivity index (χ0v) is 10.1. The van der Waals surface area contributed by atoms with Crippen LogP contribution in [0.4, 0.5) is 4.79 Å². The Morgan fingerprint density at radius 2 is 2.24 bits per heavy atom. The van der Waals surface area contributed by atoms with Crippen LogP contribution in [0.1, 0.15) is 31.9 Å². The van der Waals surface area contributed by atoms with Crippen LogP contribution < -0.4 is 5.73 Å². The van der Waals surface area contributed by atoms with Gasteiger partial charge in [0.15, 0.2) is 0 Å². The van der Waals surface area contributed by atoms with Crippen molar-refractivity contribution >= 4 is 11.9 Å². The summed E-state index contributed by atoms with van der Waals surface area (Å²) in [7, 11) is 0. The van der Waals surface area contributed by atoms with Crippen LogP contribution in [0.2, 0.25) is 0 Å². The summed E-state index contributed by atoms with van der Waals surface area (Å²) in [5.41, 5.74) is 6.72. The SMILES string of the molecule is CCCn1cc(C2C(N)=NC(=O)N2CC)cn1. The molecule has 0 radical (unpaired) electrons. The predicted octanol–water partition coefficient (Wildman–Crippen LogP) is 1.15. The molecule has 1 aliphatic rings. The smallest absolute Gasteiger partial charge is 0.346 e. The van der Waals surface area contributed by atoms with Gasteiger partial charge in [0.2, 0.25) is 0 Å². The number of amidine groups is 1. The zero-order chi connectivity index (χ0) is 12.4. The number of carbonyl (C=O) groups is 1. The van der Waals surface area contributed by atoms with Crippen LogP contribution in [-0.2, 0) is 6.54 Å². The van der Waals surface area contributed by atoms with E-state index in [1.54, 1.807) is 11.1 Å². The molecule has 1 unspecified atom stereocenters. The van der Waals surface area contributed by atoms with Crippen molar-refractivity contribution in [2.45, 2.75) is 32.9 Å². The number of carbonyl (C=O) groups excluding carboxylic acids is 1. The second-order valence-corrected chi connectivity index (χ2v) is 4.04. The fourth-order valence-electron chi connectivity index (χ4n) is 2.05. The van der Waals surface area contributed by atoms with E-state index in [9.17, 15) is 4.79 Å². The van der Waals surface area contributed by atoms with Gasteiger partial charge in [0, 0.05) is 24.8 Å². The highest BCUT2D eigenvalue weighted by molar-refractivity contribution is 6.03. The lowest BCUT2D eigenvalue weighted by atomic mass is 10.1. The van der Waals surface area contributed by atoms with Crippen molar-refractivity contribution in [2.24, 2.45) is 10.7 Å². The number of aryl methyl sites for hydroxylation is 1. The molecule has 2 rings (SSSR count). The number of likely N-dealkylation sites (N-methyl/N-ethyl adjacent to an activating group) is 1. The van der Waals surface area contributed by atoms with Crippen molar-refractivity contribution in [1.29, 1.82) is 0 Å². The molecule has 0 saturated carbocycles. The van der Waals surface area contributed by atoms with E-state index < -0.39 is 0 Å². The van der Waals surface area contributed by atoms with Crippen molar-refractivity contribution in [3.8, 4) is 0 Å². The van der Waals surface area contributed by atoms with E-state index in [0.29, 0.717) is 12.4 Å². The highest BCUT2D eigenvalue weighted by Crippen LogP contribution is 2.25. The molecule has 2 amide bonds. The molecule has 92 valence electrons. The van der Waals surface area contributed by atoms with Crippen LogP contribution in [0.15, 0.2) is 17.4 Å². The molecule has 0 fully saturated rings. The molecule has 0 spiro atoms. The van der Waals surface area contributed by atoms with Crippen molar-refractivity contribution in [2.75, 3.05) is 6.54 Å². The van der Waals surface area contributed by atoms with Crippen molar-refractivity contribution in [1.82, 2.24) is 14.7 Å². The zero-order valence-electron chi connectivity index (χ0n) is 10.1. The molecule has 0 aliphatic carbocycles. The third-order valence-corrected chi connectivity index (χ3v) is 2.82. The molecule has 1 aromatic heterocycles. The monoisotopic (exact) mass is 235 g/mol. The number of amides is 2. The Labute approximate surface area is 100 Å². The summed E-state index contributed by atoms with van der Waals surface area (Å²) in [6.45, 7) is 5.46. The molecule has 1 atom stereocenters. The fraction of sp³-hybridized carbons (Fsp3) is 0.545. The third-order valence-electron chi connectivity index (χ3n) is 2.82. The Hall–Kier alpha value is -1.85. The van der Waals surface area contributed by atoms with Crippen molar-refractivity contribution < 1.29 is 4.79 Å². The number of aromatic nitrogens is 2. The summed E-state index contributed by atoms with van der Waals surface area (Å²) < 4.78 is 1.86. The standard InChI is InChI=1S/C11H17N5O/c1-3-5-15-7-8(6-13-15)9-10(12)14-11(17)16(9)4-2/h6-7,9H,3-5H2,1-2H3,(H2,12,14,17). The molecule has 1 aromatic rings. The topological polar surface area (TPSA) is 76.5 Å². The maximum absolute atomic E-state index is 11.6. The van der Waals surface area contributed by atoms with Crippen LogP contribution in [0.25, 0.3) is 0 Å². The minimum Gasteiger partial charge on any atom is -0.385 e. The minimum absolute atomic E-state index is 0.252. The lowest BCUT2D eigenvalue weighted by molar-refractivity contribution is 0.210. The summed E-state index contributed by atoms with van der Waals surface area (Å²) in [4.78, 5) is 17.0. The quantitative estimate of drug-likeness (QED) is 0.850. The van der Waals surface area contributed by atoms with E-state index in [1.165, 1.54) is 0 Å². The molecular formula is C11H17N5O. The molecule has 2 N–H and O–H groups in total. The summed E-state index contributed by atoms with van der Waals surface area (Å²) in [5, 5.41) is 4.25. The van der Waals surface area contributed by atoms with Crippen LogP contribution >= 0.6 is 0 Å². The van der Waals surface area contributed by atoms with E-state index in [0.717, 1.165) is 18.5 Å². The molecule has 0 saturated heterocycles. The van der Waals surface area contributed by atoms with Gasteiger partial charge in [-0.05, 0) is 13.3 Å². The average Bonchev–Trinajstić information content (AvgIpc) is 2.83. The Kier molecular flexibility index (Phi) is 3.12. The largest absolute Gasteiger partial charge is 0.385 e. The second-order valence-electron chi connectivity index (χ2n) is 4.04. The lowest BCUT2D eigenvalue weighted by Crippen LogP contribution is -2.32. The number of nitrogens with zero attached hydrogens (tertiary/aromatic N) is 4. The summed E-state index contributed by atoms with van der Waals surface area (Å²) >= 11 is 0. The summed E-state index contributed by atoms with van der Waals surface area (Å²) in [6.07, 6.45) is 4.70.